The van der Waals surface area contributed by atoms with E-state index in [1.54, 1.807) is 4.90 Å². The molecule has 1 amide bonds. The topological polar surface area (TPSA) is 76.1 Å². The summed E-state index contributed by atoms with van der Waals surface area (Å²) in [6.45, 7) is 1.42. The molecule has 0 bridgehead atoms. The van der Waals surface area contributed by atoms with Gasteiger partial charge >= 0.3 is 5.97 Å². The maximum absolute atomic E-state index is 13.1. The van der Waals surface area contributed by atoms with E-state index < -0.39 is 11.4 Å². The van der Waals surface area contributed by atoms with E-state index in [1.165, 1.54) is 7.11 Å². The van der Waals surface area contributed by atoms with Gasteiger partial charge in [-0.2, -0.15) is 0 Å². The first-order valence-corrected chi connectivity index (χ1v) is 8.75. The van der Waals surface area contributed by atoms with Gasteiger partial charge in [-0.1, -0.05) is 30.3 Å². The van der Waals surface area contributed by atoms with E-state index in [9.17, 15) is 14.7 Å². The van der Waals surface area contributed by atoms with Crippen LogP contribution in [0.1, 0.15) is 30.9 Å². The second-order valence-electron chi connectivity index (χ2n) is 6.98. The summed E-state index contributed by atoms with van der Waals surface area (Å²) in [7, 11) is 1.50. The number of benzene rings is 1. The zero-order valence-electron chi connectivity index (χ0n) is 14.5. The summed E-state index contributed by atoms with van der Waals surface area (Å²) in [6.07, 6.45) is 1.77. The summed E-state index contributed by atoms with van der Waals surface area (Å²) in [6, 6.07) is 9.78. The van der Waals surface area contributed by atoms with Crippen LogP contribution in [-0.2, 0) is 19.1 Å². The number of methoxy groups -OCH3 is 1. The first-order valence-electron chi connectivity index (χ1n) is 8.75. The number of carbonyl (C=O) groups is 2. The van der Waals surface area contributed by atoms with Gasteiger partial charge in [0.2, 0.25) is 5.91 Å². The van der Waals surface area contributed by atoms with Gasteiger partial charge in [0.15, 0.2) is 0 Å². The molecular weight excluding hydrogens is 322 g/mol. The number of likely N-dealkylation sites (tertiary alicyclic amines) is 1. The van der Waals surface area contributed by atoms with Gasteiger partial charge in [0.1, 0.15) is 5.41 Å². The highest BCUT2D eigenvalue weighted by molar-refractivity contribution is 5.83. The minimum absolute atomic E-state index is 0.00668. The minimum atomic E-state index is -0.998. The van der Waals surface area contributed by atoms with Crippen LogP contribution < -0.4 is 0 Å². The number of nitrogens with zero attached hydrogens (tertiary/aromatic N) is 1. The summed E-state index contributed by atoms with van der Waals surface area (Å²) < 4.78 is 11.0. The lowest BCUT2D eigenvalue weighted by Gasteiger charge is -2.34. The van der Waals surface area contributed by atoms with Gasteiger partial charge in [0, 0.05) is 26.8 Å². The first kappa shape index (κ1) is 17.9. The first-order chi connectivity index (χ1) is 12.1. The molecule has 0 aliphatic carbocycles. The standard InChI is InChI=1S/C19H25NO5/c1-24-13-19(18(22)23)9-10-20(12-19)17(21)15-8-5-11-25-16(15)14-6-3-2-4-7-14/h2-4,6-7,15-16H,5,8-13H2,1H3,(H,22,23). The summed E-state index contributed by atoms with van der Waals surface area (Å²) in [4.78, 5) is 26.5. The number of carboxylic acid groups (broad SMARTS) is 1. The average Bonchev–Trinajstić information content (AvgIpc) is 3.08. The van der Waals surface area contributed by atoms with E-state index in [0.29, 0.717) is 19.6 Å². The van der Waals surface area contributed by atoms with Crippen molar-refractivity contribution in [2.45, 2.75) is 25.4 Å². The Morgan fingerprint density at radius 3 is 2.80 bits per heavy atom. The molecule has 2 saturated heterocycles. The smallest absolute Gasteiger partial charge is 0.313 e. The third-order valence-electron chi connectivity index (χ3n) is 5.31. The van der Waals surface area contributed by atoms with Crippen molar-refractivity contribution in [3.05, 3.63) is 35.9 Å². The summed E-state index contributed by atoms with van der Waals surface area (Å²) in [5.74, 6) is -1.17. The molecule has 3 unspecified atom stereocenters. The molecule has 6 heteroatoms. The van der Waals surface area contributed by atoms with Crippen molar-refractivity contribution >= 4 is 11.9 Å². The highest BCUT2D eigenvalue weighted by atomic mass is 16.5. The second kappa shape index (κ2) is 7.54. The molecule has 25 heavy (non-hydrogen) atoms. The zero-order chi connectivity index (χ0) is 17.9. The predicted molar refractivity (Wildman–Crippen MR) is 91.0 cm³/mol. The highest BCUT2D eigenvalue weighted by Crippen LogP contribution is 2.38. The van der Waals surface area contributed by atoms with Crippen LogP contribution in [0.25, 0.3) is 0 Å². The molecule has 0 spiro atoms. The number of hydrogen-bond donors (Lipinski definition) is 1. The van der Waals surface area contributed by atoms with Crippen LogP contribution in [0.2, 0.25) is 0 Å². The number of amides is 1. The van der Waals surface area contributed by atoms with Crippen molar-refractivity contribution in [2.75, 3.05) is 33.4 Å². The van der Waals surface area contributed by atoms with Crippen LogP contribution in [-0.4, -0.2) is 55.3 Å². The summed E-state index contributed by atoms with van der Waals surface area (Å²) in [5.41, 5.74) is 0.00321. The zero-order valence-corrected chi connectivity index (χ0v) is 14.5. The van der Waals surface area contributed by atoms with Crippen LogP contribution in [0, 0.1) is 11.3 Å². The van der Waals surface area contributed by atoms with Crippen molar-refractivity contribution in [1.29, 1.82) is 0 Å². The molecule has 2 aliphatic rings. The molecule has 0 aromatic heterocycles. The average molecular weight is 347 g/mol. The number of carboxylic acids is 1. The molecule has 3 rings (SSSR count). The van der Waals surface area contributed by atoms with Gasteiger partial charge in [-0.3, -0.25) is 9.59 Å². The molecule has 2 heterocycles. The fraction of sp³-hybridized carbons (Fsp3) is 0.579. The highest BCUT2D eigenvalue weighted by Gasteiger charge is 2.48. The van der Waals surface area contributed by atoms with Gasteiger partial charge < -0.3 is 19.5 Å². The van der Waals surface area contributed by atoms with Crippen molar-refractivity contribution in [3.63, 3.8) is 0 Å². The van der Waals surface area contributed by atoms with Crippen LogP contribution >= 0.6 is 0 Å². The normalized spacial score (nSPS) is 29.6. The number of hydrogen-bond acceptors (Lipinski definition) is 4. The second-order valence-corrected chi connectivity index (χ2v) is 6.98. The predicted octanol–water partition coefficient (Wildman–Crippen LogP) is 2.10. The van der Waals surface area contributed by atoms with E-state index in [1.807, 2.05) is 30.3 Å². The monoisotopic (exact) mass is 347 g/mol. The summed E-state index contributed by atoms with van der Waals surface area (Å²) in [5, 5.41) is 9.59. The molecule has 2 fully saturated rings. The molecule has 2 aliphatic heterocycles. The van der Waals surface area contributed by atoms with E-state index >= 15 is 0 Å². The Hall–Kier alpha value is -1.92. The molecule has 6 nitrogen and oxygen atoms in total. The number of rotatable bonds is 5. The molecule has 0 radical (unpaired) electrons. The Balaban J connectivity index is 1.76. The molecule has 1 aromatic rings. The van der Waals surface area contributed by atoms with Gasteiger partial charge in [0.25, 0.3) is 0 Å². The summed E-state index contributed by atoms with van der Waals surface area (Å²) >= 11 is 0. The Kier molecular flexibility index (Phi) is 5.39. The van der Waals surface area contributed by atoms with Crippen molar-refractivity contribution in [1.82, 2.24) is 4.90 Å². The molecule has 3 atom stereocenters. The third kappa shape index (κ3) is 3.55. The van der Waals surface area contributed by atoms with E-state index in [2.05, 4.69) is 0 Å². The number of carbonyl (C=O) groups excluding carboxylic acids is 1. The molecule has 1 N–H and O–H groups in total. The maximum Gasteiger partial charge on any atom is 0.313 e. The van der Waals surface area contributed by atoms with E-state index in [0.717, 1.165) is 18.4 Å². The van der Waals surface area contributed by atoms with Crippen LogP contribution in [0.4, 0.5) is 0 Å². The van der Waals surface area contributed by atoms with E-state index in [4.69, 9.17) is 9.47 Å². The van der Waals surface area contributed by atoms with Crippen LogP contribution in [0.3, 0.4) is 0 Å². The Bertz CT molecular complexity index is 620. The fourth-order valence-electron chi connectivity index (χ4n) is 3.93. The van der Waals surface area contributed by atoms with Crippen molar-refractivity contribution < 1.29 is 24.2 Å². The van der Waals surface area contributed by atoms with Crippen LogP contribution in [0.5, 0.6) is 0 Å². The largest absolute Gasteiger partial charge is 0.481 e. The Labute approximate surface area is 147 Å². The van der Waals surface area contributed by atoms with Gasteiger partial charge in [0.05, 0.1) is 18.6 Å². The quantitative estimate of drug-likeness (QED) is 0.883. The number of ether oxygens (including phenoxy) is 2. The van der Waals surface area contributed by atoms with Crippen molar-refractivity contribution in [3.8, 4) is 0 Å². The minimum Gasteiger partial charge on any atom is -0.481 e. The Morgan fingerprint density at radius 1 is 1.36 bits per heavy atom. The number of aliphatic carboxylic acids is 1. The molecule has 136 valence electrons. The molecular formula is C19H25NO5. The fourth-order valence-corrected chi connectivity index (χ4v) is 3.93. The molecule has 0 saturated carbocycles. The third-order valence-corrected chi connectivity index (χ3v) is 5.31. The van der Waals surface area contributed by atoms with Gasteiger partial charge in [-0.25, -0.2) is 0 Å². The van der Waals surface area contributed by atoms with Crippen LogP contribution in [0.15, 0.2) is 30.3 Å². The Morgan fingerprint density at radius 2 is 2.12 bits per heavy atom. The van der Waals surface area contributed by atoms with E-state index in [-0.39, 0.29) is 31.1 Å². The lowest BCUT2D eigenvalue weighted by atomic mass is 9.87. The van der Waals surface area contributed by atoms with Gasteiger partial charge in [-0.15, -0.1) is 0 Å². The maximum atomic E-state index is 13.1. The lowest BCUT2D eigenvalue weighted by molar-refractivity contribution is -0.152. The lowest BCUT2D eigenvalue weighted by Crippen LogP contribution is -2.43. The van der Waals surface area contributed by atoms with Gasteiger partial charge in [-0.05, 0) is 24.8 Å². The van der Waals surface area contributed by atoms with Crippen molar-refractivity contribution in [2.24, 2.45) is 11.3 Å². The SMILES string of the molecule is COCC1(C(=O)O)CCN(C(=O)C2CCCOC2c2ccccc2)C1. The molecule has 1 aromatic carbocycles.